The first-order valence-electron chi connectivity index (χ1n) is 7.63. The van der Waals surface area contributed by atoms with Gasteiger partial charge in [-0.05, 0) is 20.3 Å². The summed E-state index contributed by atoms with van der Waals surface area (Å²) in [7, 11) is 0. The molecule has 6 nitrogen and oxygen atoms in total. The molecule has 0 aromatic heterocycles. The van der Waals surface area contributed by atoms with E-state index in [0.29, 0.717) is 6.42 Å². The third kappa shape index (κ3) is 1.85. The monoisotopic (exact) mass is 317 g/mol. The maximum Gasteiger partial charge on any atom is 0.318 e. The van der Waals surface area contributed by atoms with Crippen molar-refractivity contribution in [3.05, 3.63) is 35.4 Å². The molecule has 0 saturated heterocycles. The van der Waals surface area contributed by atoms with Crippen LogP contribution in [0, 0.1) is 5.92 Å². The van der Waals surface area contributed by atoms with Crippen molar-refractivity contribution in [3.8, 4) is 0 Å². The highest BCUT2D eigenvalue weighted by molar-refractivity contribution is 6.18. The Labute approximate surface area is 133 Å². The number of nitrogens with zero attached hydrogens (tertiary/aromatic N) is 1. The predicted octanol–water partition coefficient (Wildman–Crippen LogP) is 1.19. The highest BCUT2D eigenvalue weighted by Gasteiger charge is 2.72. The first-order chi connectivity index (χ1) is 10.8. The van der Waals surface area contributed by atoms with Crippen LogP contribution in [0.15, 0.2) is 29.3 Å². The maximum atomic E-state index is 12.7. The highest BCUT2D eigenvalue weighted by Crippen LogP contribution is 2.53. The molecule has 6 heteroatoms. The number of ketones is 1. The van der Waals surface area contributed by atoms with E-state index in [1.54, 1.807) is 19.1 Å². The molecule has 4 atom stereocenters. The van der Waals surface area contributed by atoms with Gasteiger partial charge in [0.1, 0.15) is 5.92 Å². The van der Waals surface area contributed by atoms with E-state index in [1.807, 2.05) is 6.92 Å². The van der Waals surface area contributed by atoms with Gasteiger partial charge in [0.2, 0.25) is 11.5 Å². The molecule has 0 radical (unpaired) electrons. The van der Waals surface area contributed by atoms with Gasteiger partial charge in [-0.15, -0.1) is 0 Å². The number of benzene rings is 1. The molecule has 1 aromatic rings. The highest BCUT2D eigenvalue weighted by atomic mass is 16.5. The molecule has 1 heterocycles. The third-order valence-electron chi connectivity index (χ3n) is 4.73. The van der Waals surface area contributed by atoms with Gasteiger partial charge in [0.25, 0.3) is 0 Å². The standard InChI is InChI=1S/C17H19NO5/c1-4-9(2)23-15(20)13-10(3)18-17(22)12-8-6-5-7-11(12)14(19)16(13,17)21/h5-9,13,21-22H,4H2,1-3H3/t9-,13+,16-,17+/m1/s1. The van der Waals surface area contributed by atoms with Crippen molar-refractivity contribution >= 4 is 17.5 Å². The number of hydrogen-bond donors (Lipinski definition) is 2. The van der Waals surface area contributed by atoms with Gasteiger partial charge in [-0.2, -0.15) is 0 Å². The maximum absolute atomic E-state index is 12.7. The smallest absolute Gasteiger partial charge is 0.318 e. The van der Waals surface area contributed by atoms with Gasteiger partial charge in [-0.3, -0.25) is 14.6 Å². The van der Waals surface area contributed by atoms with Gasteiger partial charge in [-0.1, -0.05) is 31.2 Å². The summed E-state index contributed by atoms with van der Waals surface area (Å²) in [5.74, 6) is -2.77. The lowest BCUT2D eigenvalue weighted by molar-refractivity contribution is -0.168. The molecule has 0 unspecified atom stereocenters. The van der Waals surface area contributed by atoms with Crippen LogP contribution in [-0.2, 0) is 15.3 Å². The van der Waals surface area contributed by atoms with Gasteiger partial charge >= 0.3 is 5.97 Å². The Balaban J connectivity index is 2.10. The second-order valence-electron chi connectivity index (χ2n) is 6.16. The molecule has 122 valence electrons. The van der Waals surface area contributed by atoms with Crippen molar-refractivity contribution in [2.24, 2.45) is 10.9 Å². The SMILES string of the molecule is CC[C@@H](C)OC(=O)[C@@H]1C(C)=N[C@]2(O)c3ccccc3C(=O)[C@]12O. The molecule has 1 aliphatic carbocycles. The van der Waals surface area contributed by atoms with Crippen LogP contribution in [-0.4, -0.2) is 39.4 Å². The average Bonchev–Trinajstić information content (AvgIpc) is 2.82. The fourth-order valence-electron chi connectivity index (χ4n) is 3.34. The minimum Gasteiger partial charge on any atom is -0.462 e. The van der Waals surface area contributed by atoms with Crippen molar-refractivity contribution < 1.29 is 24.5 Å². The Bertz CT molecular complexity index is 727. The van der Waals surface area contributed by atoms with Crippen LogP contribution in [0.3, 0.4) is 0 Å². The molecule has 3 rings (SSSR count). The number of hydrogen-bond acceptors (Lipinski definition) is 6. The van der Waals surface area contributed by atoms with Gasteiger partial charge in [0.05, 0.1) is 6.10 Å². The Morgan fingerprint density at radius 3 is 2.70 bits per heavy atom. The normalized spacial score (nSPS) is 33.0. The summed E-state index contributed by atoms with van der Waals surface area (Å²) in [5.41, 5.74) is -3.93. The zero-order valence-corrected chi connectivity index (χ0v) is 13.2. The van der Waals surface area contributed by atoms with Crippen LogP contribution >= 0.6 is 0 Å². The van der Waals surface area contributed by atoms with Crippen molar-refractivity contribution in [3.63, 3.8) is 0 Å². The molecule has 2 aliphatic rings. The van der Waals surface area contributed by atoms with Gasteiger partial charge in [0, 0.05) is 16.8 Å². The van der Waals surface area contributed by atoms with Crippen LogP contribution in [0.5, 0.6) is 0 Å². The summed E-state index contributed by atoms with van der Waals surface area (Å²) < 4.78 is 5.28. The number of rotatable bonds is 3. The number of carbonyl (C=O) groups excluding carboxylic acids is 2. The molecule has 0 amide bonds. The van der Waals surface area contributed by atoms with Crippen LogP contribution < -0.4 is 0 Å². The first kappa shape index (κ1) is 15.8. The van der Waals surface area contributed by atoms with Crippen molar-refractivity contribution in [1.82, 2.24) is 0 Å². The number of aliphatic imine (C=N–C) groups is 1. The third-order valence-corrected chi connectivity index (χ3v) is 4.73. The Morgan fingerprint density at radius 1 is 1.39 bits per heavy atom. The van der Waals surface area contributed by atoms with Crippen LogP contribution in [0.1, 0.15) is 43.1 Å². The summed E-state index contributed by atoms with van der Waals surface area (Å²) in [4.78, 5) is 29.3. The van der Waals surface area contributed by atoms with Crippen LogP contribution in [0.2, 0.25) is 0 Å². The lowest BCUT2D eigenvalue weighted by Crippen LogP contribution is -2.56. The fraction of sp³-hybridized carbons (Fsp3) is 0.471. The van der Waals surface area contributed by atoms with Gasteiger partial charge in [0.15, 0.2) is 5.60 Å². The first-order valence-corrected chi connectivity index (χ1v) is 7.63. The molecule has 0 spiro atoms. The quantitative estimate of drug-likeness (QED) is 0.816. The Hall–Kier alpha value is -2.05. The average molecular weight is 317 g/mol. The summed E-state index contributed by atoms with van der Waals surface area (Å²) in [6, 6.07) is 6.32. The summed E-state index contributed by atoms with van der Waals surface area (Å²) >= 11 is 0. The molecule has 23 heavy (non-hydrogen) atoms. The molecule has 2 N–H and O–H groups in total. The second kappa shape index (κ2) is 4.97. The Morgan fingerprint density at radius 2 is 2.04 bits per heavy atom. The number of Topliss-reactive ketones (excluding diaryl/α,β-unsaturated/α-hetero) is 1. The van der Waals surface area contributed by atoms with E-state index in [0.717, 1.165) is 0 Å². The van der Waals surface area contributed by atoms with E-state index >= 15 is 0 Å². The predicted molar refractivity (Wildman–Crippen MR) is 82.1 cm³/mol. The lowest BCUT2D eigenvalue weighted by Gasteiger charge is -2.32. The number of fused-ring (bicyclic) bond motifs is 3. The van der Waals surface area contributed by atoms with Crippen LogP contribution in [0.25, 0.3) is 0 Å². The largest absolute Gasteiger partial charge is 0.462 e. The van der Waals surface area contributed by atoms with Crippen molar-refractivity contribution in [2.45, 2.75) is 44.6 Å². The second-order valence-corrected chi connectivity index (χ2v) is 6.16. The van der Waals surface area contributed by atoms with Gasteiger partial charge < -0.3 is 14.9 Å². The van der Waals surface area contributed by atoms with E-state index in [1.165, 1.54) is 19.1 Å². The van der Waals surface area contributed by atoms with Crippen molar-refractivity contribution in [1.29, 1.82) is 0 Å². The molecule has 1 aliphatic heterocycles. The van der Waals surface area contributed by atoms with Crippen molar-refractivity contribution in [2.75, 3.05) is 0 Å². The molecule has 0 saturated carbocycles. The fourth-order valence-corrected chi connectivity index (χ4v) is 3.34. The minimum absolute atomic E-state index is 0.176. The molecule has 0 fully saturated rings. The number of ether oxygens (including phenoxy) is 1. The van der Waals surface area contributed by atoms with E-state index < -0.39 is 29.0 Å². The molecular formula is C17H19NO5. The van der Waals surface area contributed by atoms with Gasteiger partial charge in [-0.25, -0.2) is 0 Å². The zero-order chi connectivity index (χ0) is 17.0. The van der Waals surface area contributed by atoms with E-state index in [2.05, 4.69) is 4.99 Å². The number of carbonyl (C=O) groups is 2. The number of aliphatic hydroxyl groups is 2. The minimum atomic E-state index is -2.36. The van der Waals surface area contributed by atoms with E-state index in [-0.39, 0.29) is 22.9 Å². The molecule has 0 bridgehead atoms. The zero-order valence-electron chi connectivity index (χ0n) is 13.2. The molecular weight excluding hydrogens is 298 g/mol. The topological polar surface area (TPSA) is 96.2 Å². The number of esters is 1. The summed E-state index contributed by atoms with van der Waals surface area (Å²) in [6.45, 7) is 5.09. The molecule has 1 aromatic carbocycles. The van der Waals surface area contributed by atoms with E-state index in [4.69, 9.17) is 4.74 Å². The Kier molecular flexibility index (Phi) is 3.42. The summed E-state index contributed by atoms with van der Waals surface area (Å²) in [5, 5.41) is 22.0. The lowest BCUT2D eigenvalue weighted by atomic mass is 9.79. The van der Waals surface area contributed by atoms with Crippen LogP contribution in [0.4, 0.5) is 0 Å². The summed E-state index contributed by atoms with van der Waals surface area (Å²) in [6.07, 6.45) is 0.248. The van der Waals surface area contributed by atoms with E-state index in [9.17, 15) is 19.8 Å².